The van der Waals surface area contributed by atoms with Gasteiger partial charge in [0.2, 0.25) is 0 Å². The number of hydrogen-bond donors (Lipinski definition) is 0. The van der Waals surface area contributed by atoms with Crippen LogP contribution in [0.15, 0.2) is 60.7 Å². The smallest absolute Gasteiger partial charge is 0 e. The number of terminal acetylenes is 1. The van der Waals surface area contributed by atoms with Gasteiger partial charge in [-0.3, -0.25) is 0 Å². The van der Waals surface area contributed by atoms with Crippen molar-refractivity contribution in [3.63, 3.8) is 0 Å². The Morgan fingerprint density at radius 1 is 0.767 bits per heavy atom. The summed E-state index contributed by atoms with van der Waals surface area (Å²) in [5.41, 5.74) is 0. The van der Waals surface area contributed by atoms with Gasteiger partial charge in [0.25, 0.3) is 0 Å². The molecular formula is C21H14O5PS2W+. The van der Waals surface area contributed by atoms with E-state index < -0.39 is 7.92 Å². The molecule has 0 aliphatic carbocycles. The van der Waals surface area contributed by atoms with E-state index in [9.17, 15) is 0 Å². The third-order valence-electron chi connectivity index (χ3n) is 2.62. The van der Waals surface area contributed by atoms with Crippen LogP contribution in [0.2, 0.25) is 0 Å². The van der Waals surface area contributed by atoms with Crippen molar-refractivity contribution in [1.29, 1.82) is 0 Å². The molecule has 2 rings (SSSR count). The average molecular weight is 625 g/mol. The number of hydrogen-bond acceptors (Lipinski definition) is 2. The summed E-state index contributed by atoms with van der Waals surface area (Å²) in [7, 11) is -1.05. The molecule has 5 nitrogen and oxygen atoms in total. The van der Waals surface area contributed by atoms with Gasteiger partial charge >= 0.3 is 56.5 Å². The zero-order chi connectivity index (χ0) is 23.5. The normalized spacial score (nSPS) is 6.73. The summed E-state index contributed by atoms with van der Waals surface area (Å²) >= 11 is 7.23. The summed E-state index contributed by atoms with van der Waals surface area (Å²) in [5, 5.41) is 2.63. The fraction of sp³-hybridized carbons (Fsp3) is 0.0476. The molecule has 0 amide bonds. The van der Waals surface area contributed by atoms with Crippen LogP contribution in [0, 0.1) is 45.6 Å². The Kier molecular flexibility index (Phi) is 45.0. The molecule has 0 unspecified atom stereocenters. The second-order valence-electron chi connectivity index (χ2n) is 3.89. The van der Waals surface area contributed by atoms with Crippen molar-refractivity contribution in [1.82, 2.24) is 0 Å². The zero-order valence-electron chi connectivity index (χ0n) is 15.3. The molecule has 9 heteroatoms. The fourth-order valence-electron chi connectivity index (χ4n) is 1.79. The van der Waals surface area contributed by atoms with Gasteiger partial charge in [-0.25, -0.2) is 0 Å². The largest absolute Gasteiger partial charge is 0 e. The molecule has 0 aliphatic rings. The summed E-state index contributed by atoms with van der Waals surface area (Å²) in [6.45, 7) is 22.5. The van der Waals surface area contributed by atoms with E-state index in [1.807, 2.05) is 12.1 Å². The Hall–Kier alpha value is -1.74. The van der Waals surface area contributed by atoms with Gasteiger partial charge in [0, 0.05) is 21.1 Å². The first-order valence-electron chi connectivity index (χ1n) is 6.93. The van der Waals surface area contributed by atoms with E-state index in [4.69, 9.17) is 41.9 Å². The molecule has 0 aromatic heterocycles. The first-order chi connectivity index (χ1) is 14.3. The van der Waals surface area contributed by atoms with Crippen molar-refractivity contribution in [2.45, 2.75) is 0 Å². The molecule has 0 fully saturated rings. The quantitative estimate of drug-likeness (QED) is 0.171. The molecule has 0 saturated carbocycles. The van der Waals surface area contributed by atoms with Gasteiger partial charge in [-0.15, -0.1) is 6.42 Å². The van der Waals surface area contributed by atoms with Crippen LogP contribution in [-0.4, -0.2) is 9.69 Å². The van der Waals surface area contributed by atoms with Crippen LogP contribution in [-0.2, 0) is 44.3 Å². The predicted molar refractivity (Wildman–Crippen MR) is 114 cm³/mol. The minimum atomic E-state index is -1.05. The van der Waals surface area contributed by atoms with E-state index in [-0.39, 0.29) is 21.1 Å². The number of thiocarbonyl (C=S) groups is 1. The van der Waals surface area contributed by atoms with Crippen molar-refractivity contribution in [3.8, 4) is 12.3 Å². The predicted octanol–water partition coefficient (Wildman–Crippen LogP) is 3.31. The minimum Gasteiger partial charge on any atom is 0 e. The zero-order valence-corrected chi connectivity index (χ0v) is 20.9. The summed E-state index contributed by atoms with van der Waals surface area (Å²) < 4.78 is 38.5. The van der Waals surface area contributed by atoms with Crippen molar-refractivity contribution < 1.29 is 44.3 Å². The maximum atomic E-state index is 7.50. The van der Waals surface area contributed by atoms with Crippen LogP contribution in [0.3, 0.4) is 0 Å². The molecule has 0 spiro atoms. The van der Waals surface area contributed by atoms with Gasteiger partial charge < -0.3 is 0 Å². The molecule has 0 saturated heterocycles. The maximum Gasteiger partial charge on any atom is 0 e. The first kappa shape index (κ1) is 38.8. The second kappa shape index (κ2) is 34.7. The van der Waals surface area contributed by atoms with Crippen LogP contribution in [0.1, 0.15) is 0 Å². The fourth-order valence-corrected chi connectivity index (χ4v) is 6.25. The summed E-state index contributed by atoms with van der Waals surface area (Å²) in [6.07, 6.45) is 5.34. The Morgan fingerprint density at radius 2 is 1.07 bits per heavy atom. The third-order valence-corrected chi connectivity index (χ3v) is 7.43. The molecule has 0 atom stereocenters. The monoisotopic (exact) mass is 625 g/mol. The van der Waals surface area contributed by atoms with Crippen LogP contribution in [0.4, 0.5) is 0 Å². The third kappa shape index (κ3) is 18.3. The molecule has 150 valence electrons. The van der Waals surface area contributed by atoms with Gasteiger partial charge in [0.15, 0.2) is 3.94 Å². The van der Waals surface area contributed by atoms with E-state index >= 15 is 0 Å². The number of benzene rings is 2. The molecule has 0 bridgehead atoms. The second-order valence-corrected chi connectivity index (χ2v) is 8.67. The van der Waals surface area contributed by atoms with Crippen LogP contribution in [0.5, 0.6) is 0 Å². The molecule has 30 heavy (non-hydrogen) atoms. The number of rotatable bonds is 4. The Bertz CT molecular complexity index is 723. The van der Waals surface area contributed by atoms with Crippen molar-refractivity contribution in [2.24, 2.45) is 0 Å². The molecule has 0 radical (unpaired) electrons. The van der Waals surface area contributed by atoms with E-state index in [1.165, 1.54) is 10.6 Å². The van der Waals surface area contributed by atoms with Gasteiger partial charge in [-0.2, -0.15) is 0 Å². The summed E-state index contributed by atoms with van der Waals surface area (Å²) in [5.74, 6) is 3.29. The Labute approximate surface area is 202 Å². The van der Waals surface area contributed by atoms with E-state index in [2.05, 4.69) is 87.7 Å². The Balaban J connectivity index is -0.000000166. The summed E-state index contributed by atoms with van der Waals surface area (Å²) in [6, 6.07) is 21.0. The molecule has 0 heterocycles. The SMILES string of the molecule is C#CCSC(=S)[PH+](c1ccccc1)c1ccccc1.[C-]#[O+].[C-]#[O+].[C-]#[O+].[C-]#[O+].[C-]#[O+].[W]. The van der Waals surface area contributed by atoms with Gasteiger partial charge in [-0.1, -0.05) is 54.1 Å². The maximum absolute atomic E-state index is 7.50. The van der Waals surface area contributed by atoms with Crippen LogP contribution < -0.4 is 10.6 Å². The van der Waals surface area contributed by atoms with E-state index in [0.717, 1.165) is 3.94 Å². The van der Waals surface area contributed by atoms with Crippen molar-refractivity contribution in [3.05, 3.63) is 93.9 Å². The van der Waals surface area contributed by atoms with Crippen LogP contribution in [0.25, 0.3) is 0 Å². The van der Waals surface area contributed by atoms with Gasteiger partial charge in [-0.05, 0) is 36.5 Å². The van der Waals surface area contributed by atoms with Crippen molar-refractivity contribution >= 4 is 46.4 Å². The van der Waals surface area contributed by atoms with Crippen LogP contribution >= 0.6 is 31.9 Å². The number of thioether (sulfide) groups is 1. The molecule has 2 aromatic rings. The topological polar surface area (TPSA) is 99.5 Å². The van der Waals surface area contributed by atoms with E-state index in [0.29, 0.717) is 5.75 Å². The molecule has 0 aliphatic heterocycles. The Morgan fingerprint density at radius 3 is 1.33 bits per heavy atom. The first-order valence-corrected chi connectivity index (χ1v) is 9.82. The van der Waals surface area contributed by atoms with E-state index in [1.54, 1.807) is 11.8 Å². The minimum absolute atomic E-state index is 0. The molecule has 2 aromatic carbocycles. The van der Waals surface area contributed by atoms with Gasteiger partial charge in [0.1, 0.15) is 18.5 Å². The van der Waals surface area contributed by atoms with Gasteiger partial charge in [0.05, 0.1) is 5.75 Å². The van der Waals surface area contributed by atoms with Crippen molar-refractivity contribution in [2.75, 3.05) is 5.75 Å². The molecule has 0 N–H and O–H groups in total. The summed E-state index contributed by atoms with van der Waals surface area (Å²) in [4.78, 5) is 0. The average Bonchev–Trinajstić information content (AvgIpc) is 2.85. The molecular weight excluding hydrogens is 611 g/mol. The standard InChI is InChI=1S/C16H13PS2.5CO.W/c1-2-13-19-16(18)17(14-9-5-3-6-10-14)15-11-7-4-8-12-15;5*1-2;/h1,3-12H,13H2;;;;;;/p+1.